The summed E-state index contributed by atoms with van der Waals surface area (Å²) in [5.74, 6) is -1.57. The molecule has 3 heterocycles. The number of aromatic nitrogens is 3. The predicted octanol–water partition coefficient (Wildman–Crippen LogP) is 2.74. The van der Waals surface area contributed by atoms with Crippen molar-refractivity contribution in [1.82, 2.24) is 14.8 Å². The number of halogens is 2. The third-order valence-electron chi connectivity index (χ3n) is 3.97. The van der Waals surface area contributed by atoms with E-state index < -0.39 is 11.9 Å². The smallest absolute Gasteiger partial charge is 0.337 e. The lowest BCUT2D eigenvalue weighted by molar-refractivity contribution is -0.131. The molecular weight excluding hydrogens is 407 g/mol. The molecule has 142 valence electrons. The minimum atomic E-state index is -0.767. The van der Waals surface area contributed by atoms with Crippen molar-refractivity contribution in [2.45, 2.75) is 6.54 Å². The van der Waals surface area contributed by atoms with Crippen molar-refractivity contribution < 1.29 is 19.1 Å². The van der Waals surface area contributed by atoms with Crippen LogP contribution in [0.1, 0.15) is 0 Å². The maximum absolute atomic E-state index is 12.0. The Hall–Kier alpha value is -2.94. The quantitative estimate of drug-likeness (QED) is 0.650. The largest absolute Gasteiger partial charge is 0.404 e. The lowest BCUT2D eigenvalue weighted by Crippen LogP contribution is -2.11. The molecule has 0 spiro atoms. The molecule has 28 heavy (non-hydrogen) atoms. The van der Waals surface area contributed by atoms with Gasteiger partial charge in [-0.25, -0.2) is 9.59 Å². The number of ether oxygens (including phenoxy) is 2. The third kappa shape index (κ3) is 3.33. The monoisotopic (exact) mass is 418 g/mol. The van der Waals surface area contributed by atoms with Crippen molar-refractivity contribution >= 4 is 46.0 Å². The van der Waals surface area contributed by atoms with E-state index in [1.54, 1.807) is 22.9 Å². The van der Waals surface area contributed by atoms with Crippen LogP contribution in [0.15, 0.2) is 36.4 Å². The molecule has 0 amide bonds. The third-order valence-corrected chi connectivity index (χ3v) is 4.71. The standard InChI is InChI=1S/C18H12Cl2N4O4/c19-10-2-1-9(7-11(10)20)17-16-12(24(23-17)6-5-21)8-13-22-18(16)28-15(26)4-3-14(25)27-13/h1-4,7-8H,5-6,21H2/b4-3-. The Morgan fingerprint density at radius 1 is 1.04 bits per heavy atom. The van der Waals surface area contributed by atoms with E-state index in [1.165, 1.54) is 6.07 Å². The van der Waals surface area contributed by atoms with Gasteiger partial charge in [0, 0.05) is 30.3 Å². The van der Waals surface area contributed by atoms with Gasteiger partial charge in [-0.2, -0.15) is 10.1 Å². The highest BCUT2D eigenvalue weighted by molar-refractivity contribution is 6.42. The first-order valence-corrected chi connectivity index (χ1v) is 8.90. The minimum Gasteiger partial charge on any atom is -0.404 e. The van der Waals surface area contributed by atoms with Crippen LogP contribution in [-0.2, 0) is 16.1 Å². The summed E-state index contributed by atoms with van der Waals surface area (Å²) in [7, 11) is 0. The van der Waals surface area contributed by atoms with E-state index >= 15 is 0 Å². The van der Waals surface area contributed by atoms with Crippen LogP contribution in [0.25, 0.3) is 22.2 Å². The molecule has 3 aromatic rings. The molecule has 1 aliphatic rings. The van der Waals surface area contributed by atoms with Gasteiger partial charge in [0.05, 0.1) is 27.5 Å². The van der Waals surface area contributed by atoms with Crippen molar-refractivity contribution in [2.24, 2.45) is 5.73 Å². The number of benzene rings is 1. The van der Waals surface area contributed by atoms with Gasteiger partial charge in [-0.15, -0.1) is 0 Å². The van der Waals surface area contributed by atoms with Crippen LogP contribution in [-0.4, -0.2) is 33.2 Å². The summed E-state index contributed by atoms with van der Waals surface area (Å²) in [5, 5.41) is 5.77. The van der Waals surface area contributed by atoms with Crippen LogP contribution < -0.4 is 15.2 Å². The fourth-order valence-corrected chi connectivity index (χ4v) is 3.10. The molecule has 1 aromatic carbocycles. The first-order chi connectivity index (χ1) is 13.5. The van der Waals surface area contributed by atoms with Crippen molar-refractivity contribution in [1.29, 1.82) is 0 Å². The topological polar surface area (TPSA) is 109 Å². The number of hydrogen-bond acceptors (Lipinski definition) is 7. The first-order valence-electron chi connectivity index (χ1n) is 8.15. The summed E-state index contributed by atoms with van der Waals surface area (Å²) >= 11 is 12.2. The highest BCUT2D eigenvalue weighted by Crippen LogP contribution is 2.38. The number of hydrogen-bond donors (Lipinski definition) is 1. The van der Waals surface area contributed by atoms with E-state index in [1.807, 2.05) is 0 Å². The van der Waals surface area contributed by atoms with Crippen LogP contribution in [0.3, 0.4) is 0 Å². The highest BCUT2D eigenvalue weighted by Gasteiger charge is 2.23. The Balaban J connectivity index is 2.01. The summed E-state index contributed by atoms with van der Waals surface area (Å²) in [6.07, 6.45) is 1.94. The molecule has 0 saturated carbocycles. The number of esters is 2. The van der Waals surface area contributed by atoms with Gasteiger partial charge < -0.3 is 15.2 Å². The molecule has 0 unspecified atom stereocenters. The minimum absolute atomic E-state index is 0.0225. The van der Waals surface area contributed by atoms with Crippen LogP contribution in [0, 0.1) is 0 Å². The van der Waals surface area contributed by atoms with E-state index in [0.29, 0.717) is 45.3 Å². The van der Waals surface area contributed by atoms with Gasteiger partial charge in [-0.05, 0) is 12.1 Å². The maximum Gasteiger partial charge on any atom is 0.337 e. The summed E-state index contributed by atoms with van der Waals surface area (Å²) in [4.78, 5) is 27.9. The van der Waals surface area contributed by atoms with Crippen molar-refractivity contribution in [2.75, 3.05) is 6.54 Å². The average molecular weight is 419 g/mol. The highest BCUT2D eigenvalue weighted by atomic mass is 35.5. The van der Waals surface area contributed by atoms with Crippen molar-refractivity contribution in [3.63, 3.8) is 0 Å². The predicted molar refractivity (Wildman–Crippen MR) is 102 cm³/mol. The fraction of sp³-hybridized carbons (Fsp3) is 0.111. The van der Waals surface area contributed by atoms with Crippen LogP contribution in [0.4, 0.5) is 0 Å². The van der Waals surface area contributed by atoms with Crippen molar-refractivity contribution in [3.8, 4) is 23.0 Å². The second-order valence-corrected chi connectivity index (χ2v) is 6.64. The van der Waals surface area contributed by atoms with Gasteiger partial charge in [-0.3, -0.25) is 4.68 Å². The average Bonchev–Trinajstić information content (AvgIpc) is 3.03. The number of pyridine rings is 1. The zero-order chi connectivity index (χ0) is 19.8. The summed E-state index contributed by atoms with van der Waals surface area (Å²) in [6, 6.07) is 6.56. The van der Waals surface area contributed by atoms with Gasteiger partial charge in [-0.1, -0.05) is 29.3 Å². The molecule has 2 aromatic heterocycles. The Kier molecular flexibility index (Phi) is 4.76. The summed E-state index contributed by atoms with van der Waals surface area (Å²) in [6.45, 7) is 0.687. The Bertz CT molecular complexity index is 1160. The normalized spacial score (nSPS) is 14.8. The molecule has 0 atom stereocenters. The Morgan fingerprint density at radius 2 is 1.79 bits per heavy atom. The molecule has 10 heteroatoms. The number of carbonyl (C=O) groups is 2. The number of rotatable bonds is 3. The number of nitrogens with two attached hydrogens (primary N) is 1. The zero-order valence-electron chi connectivity index (χ0n) is 14.2. The van der Waals surface area contributed by atoms with Gasteiger partial charge in [0.1, 0.15) is 5.69 Å². The molecule has 0 saturated heterocycles. The van der Waals surface area contributed by atoms with Gasteiger partial charge in [0.25, 0.3) is 0 Å². The molecule has 0 radical (unpaired) electrons. The number of nitrogens with zero attached hydrogens (tertiary/aromatic N) is 3. The molecule has 2 N–H and O–H groups in total. The second kappa shape index (κ2) is 7.23. The molecule has 0 fully saturated rings. The molecule has 8 nitrogen and oxygen atoms in total. The summed E-state index contributed by atoms with van der Waals surface area (Å²) < 4.78 is 12.1. The van der Waals surface area contributed by atoms with Gasteiger partial charge in [0.2, 0.25) is 11.8 Å². The summed E-state index contributed by atoms with van der Waals surface area (Å²) in [5.41, 5.74) is 7.35. The van der Waals surface area contributed by atoms with E-state index in [4.69, 9.17) is 38.4 Å². The first kappa shape index (κ1) is 18.4. The van der Waals surface area contributed by atoms with E-state index in [0.717, 1.165) is 12.2 Å². The fourth-order valence-electron chi connectivity index (χ4n) is 2.80. The Labute approximate surface area is 168 Å². The van der Waals surface area contributed by atoms with Crippen LogP contribution >= 0.6 is 23.2 Å². The van der Waals surface area contributed by atoms with Gasteiger partial charge in [0.15, 0.2) is 0 Å². The second-order valence-electron chi connectivity index (χ2n) is 5.82. The SMILES string of the molecule is NCCn1nc(-c2ccc(Cl)c(Cl)c2)c2c3nc(cc21)OC(=O)/C=C\C(=O)O3. The number of fused-ring (bicyclic) bond motifs is 4. The molecule has 2 bridgehead atoms. The van der Waals surface area contributed by atoms with Gasteiger partial charge >= 0.3 is 11.9 Å². The van der Waals surface area contributed by atoms with Crippen LogP contribution in [0.5, 0.6) is 11.8 Å². The van der Waals surface area contributed by atoms with E-state index in [9.17, 15) is 9.59 Å². The number of carbonyl (C=O) groups excluding carboxylic acids is 2. The van der Waals surface area contributed by atoms with Crippen LogP contribution in [0.2, 0.25) is 10.0 Å². The van der Waals surface area contributed by atoms with Crippen molar-refractivity contribution in [3.05, 3.63) is 46.5 Å². The Morgan fingerprint density at radius 3 is 2.50 bits per heavy atom. The molecule has 4 rings (SSSR count). The lowest BCUT2D eigenvalue weighted by atomic mass is 10.1. The van der Waals surface area contributed by atoms with E-state index in [-0.39, 0.29) is 11.8 Å². The zero-order valence-corrected chi connectivity index (χ0v) is 15.7. The molecular formula is C18H12Cl2N4O4. The maximum atomic E-state index is 12.0. The van der Waals surface area contributed by atoms with E-state index in [2.05, 4.69) is 10.1 Å². The molecule has 1 aliphatic heterocycles. The molecule has 0 aliphatic carbocycles. The lowest BCUT2D eigenvalue weighted by Gasteiger charge is -2.07.